The largest absolute Gasteiger partial charge is 0.274 e. The Morgan fingerprint density at radius 1 is 1.42 bits per heavy atom. The fraction of sp³-hybridized carbons (Fsp3) is 0.333. The van der Waals surface area contributed by atoms with Crippen molar-refractivity contribution in [1.29, 1.82) is 0 Å². The summed E-state index contributed by atoms with van der Waals surface area (Å²) in [6, 6.07) is 7.68. The SMILES string of the molecule is C=CCSc1nc2ccccc2n1C(=O)[C@@H]1[C@@H](C=C(Cl)Cl)C1(C)C. The van der Waals surface area contributed by atoms with Crippen LogP contribution in [0.3, 0.4) is 0 Å². The van der Waals surface area contributed by atoms with Crippen LogP contribution in [0.4, 0.5) is 0 Å². The van der Waals surface area contributed by atoms with Crippen LogP contribution in [0.1, 0.15) is 18.6 Å². The zero-order valence-electron chi connectivity index (χ0n) is 13.5. The molecule has 3 rings (SSSR count). The van der Waals surface area contributed by atoms with Crippen molar-refractivity contribution in [2.45, 2.75) is 19.0 Å². The molecule has 3 nitrogen and oxygen atoms in total. The van der Waals surface area contributed by atoms with Crippen LogP contribution >= 0.6 is 35.0 Å². The summed E-state index contributed by atoms with van der Waals surface area (Å²) in [6.07, 6.45) is 3.57. The average Bonchev–Trinajstić information content (AvgIpc) is 2.90. The zero-order valence-corrected chi connectivity index (χ0v) is 15.8. The summed E-state index contributed by atoms with van der Waals surface area (Å²) in [4.78, 5) is 17.8. The lowest BCUT2D eigenvalue weighted by Crippen LogP contribution is -2.17. The number of nitrogens with zero attached hydrogens (tertiary/aromatic N) is 2. The van der Waals surface area contributed by atoms with Crippen LogP contribution in [0, 0.1) is 17.3 Å². The quantitative estimate of drug-likeness (QED) is 0.503. The molecular weight excluding hydrogens is 363 g/mol. The van der Waals surface area contributed by atoms with Gasteiger partial charge in [-0.1, -0.05) is 67.0 Å². The van der Waals surface area contributed by atoms with E-state index in [4.69, 9.17) is 23.2 Å². The van der Waals surface area contributed by atoms with E-state index in [0.717, 1.165) is 11.0 Å². The van der Waals surface area contributed by atoms with Crippen molar-refractivity contribution in [3.63, 3.8) is 0 Å². The molecule has 0 saturated heterocycles. The van der Waals surface area contributed by atoms with Crippen molar-refractivity contribution in [2.75, 3.05) is 5.75 Å². The molecule has 0 radical (unpaired) electrons. The first kappa shape index (κ1) is 17.6. The highest BCUT2D eigenvalue weighted by atomic mass is 35.5. The number of rotatable bonds is 5. The Bertz CT molecular complexity index is 837. The molecule has 2 atom stereocenters. The standard InChI is InChI=1S/C18H18Cl2N2OS/c1-4-9-24-17-21-12-7-5-6-8-13(12)22(17)16(23)15-11(10-14(19)20)18(15,2)3/h4-8,10-11,15H,1,9H2,2-3H3/t11-,15+/m1/s1. The van der Waals surface area contributed by atoms with Crippen LogP contribution in [0.2, 0.25) is 0 Å². The first-order valence-electron chi connectivity index (χ1n) is 7.66. The second kappa shape index (κ2) is 6.58. The number of hydrogen-bond donors (Lipinski definition) is 0. The van der Waals surface area contributed by atoms with E-state index in [9.17, 15) is 4.79 Å². The van der Waals surface area contributed by atoms with Gasteiger partial charge in [0.15, 0.2) is 5.16 Å². The molecule has 1 heterocycles. The Kier molecular flexibility index (Phi) is 4.82. The number of hydrogen-bond acceptors (Lipinski definition) is 3. The van der Waals surface area contributed by atoms with Gasteiger partial charge >= 0.3 is 0 Å². The van der Waals surface area contributed by atoms with Gasteiger partial charge in [-0.25, -0.2) is 4.98 Å². The van der Waals surface area contributed by atoms with Crippen molar-refractivity contribution in [3.8, 4) is 0 Å². The van der Waals surface area contributed by atoms with Crippen LogP contribution in [0.5, 0.6) is 0 Å². The molecule has 1 saturated carbocycles. The van der Waals surface area contributed by atoms with E-state index in [1.54, 1.807) is 16.7 Å². The van der Waals surface area contributed by atoms with Gasteiger partial charge in [-0.05, 0) is 29.5 Å². The lowest BCUT2D eigenvalue weighted by molar-refractivity contribution is 0.0863. The van der Waals surface area contributed by atoms with Gasteiger partial charge in [-0.2, -0.15) is 0 Å². The van der Waals surface area contributed by atoms with Crippen LogP contribution in [0.15, 0.2) is 52.6 Å². The minimum atomic E-state index is -0.169. The van der Waals surface area contributed by atoms with Gasteiger partial charge in [-0.15, -0.1) is 6.58 Å². The van der Waals surface area contributed by atoms with Gasteiger partial charge in [-0.3, -0.25) is 9.36 Å². The Balaban J connectivity index is 2.03. The summed E-state index contributed by atoms with van der Waals surface area (Å²) >= 11 is 13.1. The second-order valence-electron chi connectivity index (χ2n) is 6.44. The molecule has 1 aromatic heterocycles. The van der Waals surface area contributed by atoms with E-state index in [1.165, 1.54) is 11.8 Å². The summed E-state index contributed by atoms with van der Waals surface area (Å²) in [5.41, 5.74) is 1.48. The van der Waals surface area contributed by atoms with Crippen molar-refractivity contribution in [3.05, 3.63) is 47.5 Å². The molecular formula is C18H18Cl2N2OS. The van der Waals surface area contributed by atoms with Gasteiger partial charge in [0.05, 0.1) is 17.0 Å². The summed E-state index contributed by atoms with van der Waals surface area (Å²) in [5, 5.41) is 0.698. The fourth-order valence-electron chi connectivity index (χ4n) is 3.18. The van der Waals surface area contributed by atoms with E-state index >= 15 is 0 Å². The van der Waals surface area contributed by atoms with Gasteiger partial charge < -0.3 is 0 Å². The first-order chi connectivity index (χ1) is 11.4. The molecule has 6 heteroatoms. The predicted molar refractivity (Wildman–Crippen MR) is 102 cm³/mol. The summed E-state index contributed by atoms with van der Waals surface area (Å²) in [7, 11) is 0. The monoisotopic (exact) mass is 380 g/mol. The molecule has 2 aromatic rings. The van der Waals surface area contributed by atoms with Crippen molar-refractivity contribution < 1.29 is 4.79 Å². The number of carbonyl (C=O) groups excluding carboxylic acids is 1. The maximum Gasteiger partial charge on any atom is 0.237 e. The van der Waals surface area contributed by atoms with E-state index < -0.39 is 0 Å². The summed E-state index contributed by atoms with van der Waals surface area (Å²) in [5.74, 6) is 0.608. The Morgan fingerprint density at radius 3 is 2.79 bits per heavy atom. The second-order valence-corrected chi connectivity index (χ2v) is 8.43. The maximum atomic E-state index is 13.2. The number of benzene rings is 1. The minimum Gasteiger partial charge on any atom is -0.274 e. The molecule has 126 valence electrons. The molecule has 1 aromatic carbocycles. The summed E-state index contributed by atoms with van der Waals surface area (Å²) < 4.78 is 1.94. The molecule has 0 unspecified atom stereocenters. The number of allylic oxidation sites excluding steroid dienone is 1. The van der Waals surface area contributed by atoms with E-state index in [1.807, 2.05) is 24.3 Å². The van der Waals surface area contributed by atoms with E-state index in [0.29, 0.717) is 10.9 Å². The van der Waals surface area contributed by atoms with Gasteiger partial charge in [0.2, 0.25) is 5.91 Å². The molecule has 1 aliphatic rings. The number of carbonyl (C=O) groups is 1. The van der Waals surface area contributed by atoms with Gasteiger partial charge in [0.1, 0.15) is 4.49 Å². The van der Waals surface area contributed by atoms with Crippen molar-refractivity contribution in [2.24, 2.45) is 17.3 Å². The number of thioether (sulfide) groups is 1. The molecule has 0 N–H and O–H groups in total. The highest BCUT2D eigenvalue weighted by Gasteiger charge is 2.61. The Hall–Kier alpha value is -1.23. The third-order valence-corrected chi connectivity index (χ3v) is 5.75. The van der Waals surface area contributed by atoms with E-state index in [2.05, 4.69) is 25.4 Å². The highest BCUT2D eigenvalue weighted by Crippen LogP contribution is 2.60. The normalized spacial score (nSPS) is 21.5. The van der Waals surface area contributed by atoms with Crippen LogP contribution in [0.25, 0.3) is 11.0 Å². The Morgan fingerprint density at radius 2 is 2.12 bits per heavy atom. The van der Waals surface area contributed by atoms with Crippen molar-refractivity contribution >= 4 is 51.9 Å². The summed E-state index contributed by atoms with van der Waals surface area (Å²) in [6.45, 7) is 7.86. The Labute approximate surface area is 155 Å². The number of para-hydroxylation sites is 2. The topological polar surface area (TPSA) is 34.9 Å². The molecule has 0 spiro atoms. The third-order valence-electron chi connectivity index (χ3n) is 4.56. The number of aromatic nitrogens is 2. The minimum absolute atomic E-state index is 0.0356. The van der Waals surface area contributed by atoms with Crippen LogP contribution in [-0.2, 0) is 0 Å². The highest BCUT2D eigenvalue weighted by molar-refractivity contribution is 7.99. The zero-order chi connectivity index (χ0) is 17.5. The predicted octanol–water partition coefficient (Wildman–Crippen LogP) is 5.55. The number of fused-ring (bicyclic) bond motifs is 1. The smallest absolute Gasteiger partial charge is 0.237 e. The molecule has 0 bridgehead atoms. The molecule has 1 fully saturated rings. The van der Waals surface area contributed by atoms with Gasteiger partial charge in [0.25, 0.3) is 0 Å². The van der Waals surface area contributed by atoms with E-state index in [-0.39, 0.29) is 27.6 Å². The first-order valence-corrected chi connectivity index (χ1v) is 9.40. The molecule has 0 amide bonds. The molecule has 1 aliphatic carbocycles. The van der Waals surface area contributed by atoms with Gasteiger partial charge in [0, 0.05) is 5.75 Å². The van der Waals surface area contributed by atoms with Crippen LogP contribution in [-0.4, -0.2) is 21.2 Å². The van der Waals surface area contributed by atoms with Crippen molar-refractivity contribution in [1.82, 2.24) is 9.55 Å². The lowest BCUT2D eigenvalue weighted by atomic mass is 10.1. The number of imidazole rings is 1. The maximum absolute atomic E-state index is 13.2. The molecule has 24 heavy (non-hydrogen) atoms. The lowest BCUT2D eigenvalue weighted by Gasteiger charge is -2.08. The fourth-order valence-corrected chi connectivity index (χ4v) is 4.20. The average molecular weight is 381 g/mol. The molecule has 0 aliphatic heterocycles. The van der Waals surface area contributed by atoms with Crippen LogP contribution < -0.4 is 0 Å². The number of halogens is 2. The third kappa shape index (κ3) is 3.03.